The molecule has 1 atom stereocenters. The monoisotopic (exact) mass is 277 g/mol. The molecule has 0 aliphatic rings. The second kappa shape index (κ2) is 5.17. The van der Waals surface area contributed by atoms with Crippen LogP contribution in [0.3, 0.4) is 0 Å². The Hall–Kier alpha value is -2.25. The van der Waals surface area contributed by atoms with E-state index < -0.39 is 35.5 Å². The van der Waals surface area contributed by atoms with Crippen molar-refractivity contribution in [3.63, 3.8) is 0 Å². The van der Waals surface area contributed by atoms with Crippen LogP contribution in [0.4, 0.5) is 13.2 Å². The second-order valence-electron chi connectivity index (χ2n) is 3.67. The van der Waals surface area contributed by atoms with E-state index in [4.69, 9.17) is 15.6 Å². The van der Waals surface area contributed by atoms with E-state index in [9.17, 15) is 22.8 Å². The van der Waals surface area contributed by atoms with Gasteiger partial charge in [-0.15, -0.1) is 0 Å². The Morgan fingerprint density at radius 3 is 2.37 bits per heavy atom. The van der Waals surface area contributed by atoms with E-state index in [0.717, 1.165) is 19.1 Å². The van der Waals surface area contributed by atoms with Gasteiger partial charge in [-0.3, -0.25) is 4.79 Å². The van der Waals surface area contributed by atoms with Crippen molar-refractivity contribution < 1.29 is 32.6 Å². The highest BCUT2D eigenvalue weighted by molar-refractivity contribution is 5.93. The third-order valence-corrected chi connectivity index (χ3v) is 2.22. The van der Waals surface area contributed by atoms with E-state index in [1.54, 1.807) is 0 Å². The number of hydrogen-bond donors (Lipinski definition) is 2. The number of ether oxygens (including phenoxy) is 1. The van der Waals surface area contributed by atoms with E-state index in [1.165, 1.54) is 0 Å². The van der Waals surface area contributed by atoms with Crippen molar-refractivity contribution in [2.45, 2.75) is 19.2 Å². The van der Waals surface area contributed by atoms with Crippen LogP contribution in [0.25, 0.3) is 0 Å². The summed E-state index contributed by atoms with van der Waals surface area (Å²) in [4.78, 5) is 21.4. The molecule has 0 fully saturated rings. The molecule has 0 unspecified atom stereocenters. The zero-order valence-corrected chi connectivity index (χ0v) is 9.69. The largest absolute Gasteiger partial charge is 0.479 e. The van der Waals surface area contributed by atoms with Gasteiger partial charge >= 0.3 is 12.1 Å². The molecule has 0 heterocycles. The highest BCUT2D eigenvalue weighted by Crippen LogP contribution is 2.37. The molecule has 104 valence electrons. The predicted molar refractivity (Wildman–Crippen MR) is 57.7 cm³/mol. The number of alkyl halides is 3. The highest BCUT2D eigenvalue weighted by Gasteiger charge is 2.35. The number of primary amides is 1. The summed E-state index contributed by atoms with van der Waals surface area (Å²) in [7, 11) is 0. The number of aliphatic carboxylic acids is 1. The number of carbonyl (C=O) groups is 2. The van der Waals surface area contributed by atoms with E-state index in [-0.39, 0.29) is 5.56 Å². The van der Waals surface area contributed by atoms with Crippen LogP contribution in [0.2, 0.25) is 0 Å². The minimum atomic E-state index is -4.79. The van der Waals surface area contributed by atoms with Crippen LogP contribution in [-0.2, 0) is 11.0 Å². The fourth-order valence-electron chi connectivity index (χ4n) is 1.25. The molecule has 0 aliphatic heterocycles. The fraction of sp³-hybridized carbons (Fsp3) is 0.273. The van der Waals surface area contributed by atoms with Crippen LogP contribution < -0.4 is 10.5 Å². The molecule has 0 radical (unpaired) electrons. The van der Waals surface area contributed by atoms with Gasteiger partial charge in [0.2, 0.25) is 5.91 Å². The molecule has 0 spiro atoms. The zero-order valence-electron chi connectivity index (χ0n) is 9.69. The number of carboxylic acid groups (broad SMARTS) is 1. The zero-order chi connectivity index (χ0) is 14.8. The minimum absolute atomic E-state index is 0.345. The maximum absolute atomic E-state index is 12.8. The smallest absolute Gasteiger partial charge is 0.419 e. The Balaban J connectivity index is 3.24. The van der Waals surface area contributed by atoms with Crippen molar-refractivity contribution in [2.24, 2.45) is 5.73 Å². The Bertz CT molecular complexity index is 513. The van der Waals surface area contributed by atoms with Gasteiger partial charge in [-0.2, -0.15) is 13.2 Å². The number of carboxylic acids is 1. The number of amides is 1. The standard InChI is InChI=1S/C11H10F3NO4/c1-5(10(17)18)19-8-3-2-6(9(15)16)4-7(8)11(12,13)14/h2-5H,1H3,(H2,15,16)(H,17,18)/t5-/m1/s1. The maximum atomic E-state index is 12.8. The van der Waals surface area contributed by atoms with Gasteiger partial charge in [-0.1, -0.05) is 0 Å². The predicted octanol–water partition coefficient (Wildman–Crippen LogP) is 1.66. The van der Waals surface area contributed by atoms with Crippen molar-refractivity contribution in [3.05, 3.63) is 29.3 Å². The normalized spacial score (nSPS) is 12.8. The van der Waals surface area contributed by atoms with Gasteiger partial charge in [-0.05, 0) is 25.1 Å². The average molecular weight is 277 g/mol. The minimum Gasteiger partial charge on any atom is -0.479 e. The van der Waals surface area contributed by atoms with E-state index in [2.05, 4.69) is 0 Å². The molecule has 1 aromatic carbocycles. The van der Waals surface area contributed by atoms with Crippen molar-refractivity contribution in [2.75, 3.05) is 0 Å². The first-order valence-corrected chi connectivity index (χ1v) is 5.03. The summed E-state index contributed by atoms with van der Waals surface area (Å²) in [6, 6.07) is 2.41. The molecule has 3 N–H and O–H groups in total. The highest BCUT2D eigenvalue weighted by atomic mass is 19.4. The Kier molecular flexibility index (Phi) is 4.03. The van der Waals surface area contributed by atoms with Crippen LogP contribution in [0.5, 0.6) is 5.75 Å². The molecular weight excluding hydrogens is 267 g/mol. The van der Waals surface area contributed by atoms with Gasteiger partial charge in [0.05, 0.1) is 5.56 Å². The Morgan fingerprint density at radius 1 is 1.37 bits per heavy atom. The van der Waals surface area contributed by atoms with Gasteiger partial charge in [0.15, 0.2) is 6.10 Å². The number of carbonyl (C=O) groups excluding carboxylic acids is 1. The number of halogens is 3. The first-order chi connectivity index (χ1) is 8.62. The molecular formula is C11H10F3NO4. The lowest BCUT2D eigenvalue weighted by Crippen LogP contribution is -2.24. The molecule has 5 nitrogen and oxygen atoms in total. The molecule has 0 bridgehead atoms. The summed E-state index contributed by atoms with van der Waals surface area (Å²) in [5.74, 6) is -3.11. The van der Waals surface area contributed by atoms with Gasteiger partial charge in [0.1, 0.15) is 5.75 Å². The number of rotatable bonds is 4. The lowest BCUT2D eigenvalue weighted by molar-refractivity contribution is -0.147. The second-order valence-corrected chi connectivity index (χ2v) is 3.67. The first-order valence-electron chi connectivity index (χ1n) is 5.03. The van der Waals surface area contributed by atoms with E-state index in [0.29, 0.717) is 6.07 Å². The van der Waals surface area contributed by atoms with Crippen molar-refractivity contribution >= 4 is 11.9 Å². The molecule has 19 heavy (non-hydrogen) atoms. The summed E-state index contributed by atoms with van der Waals surface area (Å²) in [6.07, 6.45) is -6.25. The summed E-state index contributed by atoms with van der Waals surface area (Å²) in [6.45, 7) is 1.09. The summed E-state index contributed by atoms with van der Waals surface area (Å²) >= 11 is 0. The quantitative estimate of drug-likeness (QED) is 0.875. The molecule has 0 aromatic heterocycles. The summed E-state index contributed by atoms with van der Waals surface area (Å²) in [5, 5.41) is 8.60. The van der Waals surface area contributed by atoms with Crippen LogP contribution >= 0.6 is 0 Å². The first kappa shape index (κ1) is 14.8. The number of benzene rings is 1. The van der Waals surface area contributed by atoms with Crippen molar-refractivity contribution in [3.8, 4) is 5.75 Å². The lowest BCUT2D eigenvalue weighted by atomic mass is 10.1. The molecule has 8 heteroatoms. The van der Waals surface area contributed by atoms with Gasteiger partial charge < -0.3 is 15.6 Å². The molecule has 0 saturated carbocycles. The SMILES string of the molecule is C[C@@H](Oc1ccc(C(N)=O)cc1C(F)(F)F)C(=O)O. The molecule has 0 aliphatic carbocycles. The third-order valence-electron chi connectivity index (χ3n) is 2.22. The van der Waals surface area contributed by atoms with Crippen LogP contribution in [-0.4, -0.2) is 23.1 Å². The number of hydrogen-bond acceptors (Lipinski definition) is 3. The van der Waals surface area contributed by atoms with E-state index >= 15 is 0 Å². The van der Waals surface area contributed by atoms with Crippen LogP contribution in [0, 0.1) is 0 Å². The lowest BCUT2D eigenvalue weighted by Gasteiger charge is -2.16. The molecule has 1 amide bonds. The maximum Gasteiger partial charge on any atom is 0.419 e. The third kappa shape index (κ3) is 3.60. The van der Waals surface area contributed by atoms with Crippen LogP contribution in [0.15, 0.2) is 18.2 Å². The van der Waals surface area contributed by atoms with Gasteiger partial charge in [0.25, 0.3) is 0 Å². The van der Waals surface area contributed by atoms with E-state index in [1.807, 2.05) is 0 Å². The topological polar surface area (TPSA) is 89.6 Å². The molecule has 1 rings (SSSR count). The van der Waals surface area contributed by atoms with Crippen molar-refractivity contribution in [1.29, 1.82) is 0 Å². The summed E-state index contributed by atoms with van der Waals surface area (Å²) in [5.41, 5.74) is 3.29. The molecule has 0 saturated heterocycles. The van der Waals surface area contributed by atoms with Gasteiger partial charge in [-0.25, -0.2) is 4.79 Å². The fourth-order valence-corrected chi connectivity index (χ4v) is 1.25. The summed E-state index contributed by atoms with van der Waals surface area (Å²) < 4.78 is 43.0. The van der Waals surface area contributed by atoms with Crippen LogP contribution in [0.1, 0.15) is 22.8 Å². The van der Waals surface area contributed by atoms with Gasteiger partial charge in [0, 0.05) is 5.56 Å². The Morgan fingerprint density at radius 2 is 1.95 bits per heavy atom. The Labute approximate surface area is 105 Å². The molecule has 1 aromatic rings. The average Bonchev–Trinajstić information content (AvgIpc) is 2.27. The number of nitrogens with two attached hydrogens (primary N) is 1. The van der Waals surface area contributed by atoms with Crippen molar-refractivity contribution in [1.82, 2.24) is 0 Å².